The van der Waals surface area contributed by atoms with Crippen LogP contribution in [0.2, 0.25) is 0 Å². The quantitative estimate of drug-likeness (QED) is 0.189. The molecule has 1 rings (SSSR count). The Morgan fingerprint density at radius 2 is 1.48 bits per heavy atom. The Labute approximate surface area is 193 Å². The number of esters is 2. The van der Waals surface area contributed by atoms with Gasteiger partial charge < -0.3 is 34.3 Å². The van der Waals surface area contributed by atoms with Gasteiger partial charge in [0.15, 0.2) is 0 Å². The minimum absolute atomic E-state index is 0.00655. The zero-order valence-corrected chi connectivity index (χ0v) is 19.6. The molecule has 2 N–H and O–H groups in total. The lowest BCUT2D eigenvalue weighted by molar-refractivity contribution is -0.139. The van der Waals surface area contributed by atoms with E-state index in [0.29, 0.717) is 6.42 Å². The van der Waals surface area contributed by atoms with Gasteiger partial charge in [-0.3, -0.25) is 0 Å². The van der Waals surface area contributed by atoms with Gasteiger partial charge in [0, 0.05) is 17.1 Å². The molecule has 1 aliphatic rings. The van der Waals surface area contributed by atoms with E-state index in [-0.39, 0.29) is 50.0 Å². The highest BCUT2D eigenvalue weighted by atomic mass is 16.6. The Kier molecular flexibility index (Phi) is 12.0. The maximum Gasteiger partial charge on any atom is 0.407 e. The van der Waals surface area contributed by atoms with Crippen molar-refractivity contribution in [2.75, 3.05) is 32.9 Å². The molecule has 0 radical (unpaired) electrons. The number of amides is 2. The summed E-state index contributed by atoms with van der Waals surface area (Å²) in [6.45, 7) is 14.0. The lowest BCUT2D eigenvalue weighted by atomic mass is 9.96. The summed E-state index contributed by atoms with van der Waals surface area (Å²) >= 11 is 0. The van der Waals surface area contributed by atoms with Crippen molar-refractivity contribution in [3.8, 4) is 0 Å². The average molecular weight is 471 g/mol. The van der Waals surface area contributed by atoms with Gasteiger partial charge in [-0.15, -0.1) is 0 Å². The molecular formula is C22H34N2O9. The van der Waals surface area contributed by atoms with Gasteiger partial charge >= 0.3 is 24.1 Å². The van der Waals surface area contributed by atoms with Crippen molar-refractivity contribution in [1.82, 2.24) is 10.6 Å². The molecule has 2 amide bonds. The highest BCUT2D eigenvalue weighted by Gasteiger charge is 2.42. The molecule has 1 aliphatic heterocycles. The summed E-state index contributed by atoms with van der Waals surface area (Å²) in [6, 6.07) is 0. The van der Waals surface area contributed by atoms with Gasteiger partial charge in [0.25, 0.3) is 0 Å². The van der Waals surface area contributed by atoms with Gasteiger partial charge in [0.1, 0.15) is 31.5 Å². The second-order valence-corrected chi connectivity index (χ2v) is 7.64. The first kappa shape index (κ1) is 28.0. The minimum Gasteiger partial charge on any atom is -0.460 e. The minimum atomic E-state index is -0.671. The Morgan fingerprint density at radius 3 is 1.97 bits per heavy atom. The van der Waals surface area contributed by atoms with Crippen LogP contribution in [0.3, 0.4) is 0 Å². The zero-order chi connectivity index (χ0) is 25.0. The molecule has 33 heavy (non-hydrogen) atoms. The summed E-state index contributed by atoms with van der Waals surface area (Å²) in [4.78, 5) is 46.7. The number of ether oxygens (including phenoxy) is 5. The standard InChI is InChI=1S/C22H34N2O9/c1-7-16(32-21(27)23-8-10-29-19(25)13(2)3)18-15(6)17(12-31-18)33-22(28)24-9-11-30-20(26)14(4)5/h15-18H,2,4,7-12H2,1,3,5-6H3,(H,23,27)(H,24,28)/t15-,16+,17?,18?/m1/s1. The fourth-order valence-electron chi connectivity index (χ4n) is 2.89. The Morgan fingerprint density at radius 1 is 0.970 bits per heavy atom. The molecule has 186 valence electrons. The van der Waals surface area contributed by atoms with Crippen molar-refractivity contribution in [2.45, 2.75) is 52.4 Å². The van der Waals surface area contributed by atoms with Crippen LogP contribution in [-0.4, -0.2) is 75.3 Å². The molecule has 0 aliphatic carbocycles. The number of nitrogens with one attached hydrogen (secondary N) is 2. The predicted octanol–water partition coefficient (Wildman–Crippen LogP) is 1.86. The molecule has 0 aromatic rings. The molecular weight excluding hydrogens is 436 g/mol. The molecule has 0 aromatic heterocycles. The first-order chi connectivity index (χ1) is 15.6. The van der Waals surface area contributed by atoms with E-state index in [9.17, 15) is 19.2 Å². The molecule has 1 saturated heterocycles. The highest BCUT2D eigenvalue weighted by Crippen LogP contribution is 2.28. The van der Waals surface area contributed by atoms with Gasteiger partial charge in [-0.05, 0) is 20.3 Å². The van der Waals surface area contributed by atoms with E-state index in [4.69, 9.17) is 23.7 Å². The Hall–Kier alpha value is -3.08. The van der Waals surface area contributed by atoms with Crippen molar-refractivity contribution in [3.63, 3.8) is 0 Å². The molecule has 0 aromatic carbocycles. The van der Waals surface area contributed by atoms with Crippen molar-refractivity contribution in [2.24, 2.45) is 5.92 Å². The van der Waals surface area contributed by atoms with Gasteiger partial charge in [-0.25, -0.2) is 19.2 Å². The molecule has 11 nitrogen and oxygen atoms in total. The number of alkyl carbamates (subject to hydrolysis) is 2. The lowest BCUT2D eigenvalue weighted by Crippen LogP contribution is -2.40. The van der Waals surface area contributed by atoms with Crippen molar-refractivity contribution in [1.29, 1.82) is 0 Å². The normalized spacial score (nSPS) is 20.2. The largest absolute Gasteiger partial charge is 0.460 e. The van der Waals surface area contributed by atoms with E-state index in [1.165, 1.54) is 13.8 Å². The van der Waals surface area contributed by atoms with Crippen molar-refractivity contribution < 1.29 is 42.9 Å². The van der Waals surface area contributed by atoms with Crippen LogP contribution in [0.15, 0.2) is 24.3 Å². The third-order valence-electron chi connectivity index (χ3n) is 4.75. The third-order valence-corrected chi connectivity index (χ3v) is 4.75. The van der Waals surface area contributed by atoms with Gasteiger partial charge in [0.05, 0.1) is 19.7 Å². The zero-order valence-electron chi connectivity index (χ0n) is 19.6. The van der Waals surface area contributed by atoms with Gasteiger partial charge in [-0.1, -0.05) is 27.0 Å². The molecule has 1 fully saturated rings. The first-order valence-corrected chi connectivity index (χ1v) is 10.7. The van der Waals surface area contributed by atoms with Crippen LogP contribution in [0.25, 0.3) is 0 Å². The fraction of sp³-hybridized carbons (Fsp3) is 0.636. The maximum absolute atomic E-state index is 12.1. The highest BCUT2D eigenvalue weighted by molar-refractivity contribution is 5.87. The van der Waals surface area contributed by atoms with Crippen LogP contribution >= 0.6 is 0 Å². The SMILES string of the molecule is C=C(C)C(=O)OCCNC(=O)OC1COC([C@H](CC)OC(=O)NCCOC(=O)C(=C)C)[C@@H]1C. The summed E-state index contributed by atoms with van der Waals surface area (Å²) in [5.41, 5.74) is 0.542. The van der Waals surface area contributed by atoms with Crippen LogP contribution in [0.5, 0.6) is 0 Å². The molecule has 11 heteroatoms. The van der Waals surface area contributed by atoms with E-state index in [1.807, 2.05) is 13.8 Å². The Balaban J connectivity index is 2.38. The van der Waals surface area contributed by atoms with Crippen LogP contribution in [0.1, 0.15) is 34.1 Å². The monoisotopic (exact) mass is 470 g/mol. The topological polar surface area (TPSA) is 138 Å². The summed E-state index contributed by atoms with van der Waals surface area (Å²) in [7, 11) is 0. The van der Waals surface area contributed by atoms with Gasteiger partial charge in [-0.2, -0.15) is 0 Å². The van der Waals surface area contributed by atoms with Crippen molar-refractivity contribution in [3.05, 3.63) is 24.3 Å². The molecule has 1 heterocycles. The lowest BCUT2D eigenvalue weighted by Gasteiger charge is -2.26. The van der Waals surface area contributed by atoms with E-state index < -0.39 is 42.4 Å². The van der Waals surface area contributed by atoms with Crippen molar-refractivity contribution >= 4 is 24.1 Å². The van der Waals surface area contributed by atoms with Crippen LogP contribution in [-0.2, 0) is 33.3 Å². The second kappa shape index (κ2) is 14.1. The fourth-order valence-corrected chi connectivity index (χ4v) is 2.89. The van der Waals surface area contributed by atoms with Crippen LogP contribution in [0, 0.1) is 5.92 Å². The first-order valence-electron chi connectivity index (χ1n) is 10.7. The maximum atomic E-state index is 12.1. The number of carbonyl (C=O) groups is 4. The number of rotatable bonds is 12. The van der Waals surface area contributed by atoms with Crippen LogP contribution < -0.4 is 10.6 Å². The van der Waals surface area contributed by atoms with E-state index in [2.05, 4.69) is 23.8 Å². The smallest absolute Gasteiger partial charge is 0.407 e. The summed E-state index contributed by atoms with van der Waals surface area (Å²) in [5, 5.41) is 5.00. The molecule has 2 unspecified atom stereocenters. The summed E-state index contributed by atoms with van der Waals surface area (Å²) < 4.78 is 26.3. The molecule has 0 spiro atoms. The number of hydrogen-bond acceptors (Lipinski definition) is 9. The third kappa shape index (κ3) is 9.94. The van der Waals surface area contributed by atoms with Gasteiger partial charge in [0.2, 0.25) is 0 Å². The molecule has 4 atom stereocenters. The number of hydrogen-bond donors (Lipinski definition) is 2. The summed E-state index contributed by atoms with van der Waals surface area (Å²) in [6.07, 6.45) is -2.41. The predicted molar refractivity (Wildman–Crippen MR) is 117 cm³/mol. The molecule has 0 saturated carbocycles. The summed E-state index contributed by atoms with van der Waals surface area (Å²) in [5.74, 6) is -1.30. The average Bonchev–Trinajstić information content (AvgIpc) is 3.11. The van der Waals surface area contributed by atoms with Crippen LogP contribution in [0.4, 0.5) is 9.59 Å². The van der Waals surface area contributed by atoms with E-state index >= 15 is 0 Å². The molecule has 0 bridgehead atoms. The van der Waals surface area contributed by atoms with E-state index in [0.717, 1.165) is 0 Å². The number of carbonyl (C=O) groups excluding carboxylic acids is 4. The Bertz CT molecular complexity index is 737. The van der Waals surface area contributed by atoms with E-state index in [1.54, 1.807) is 0 Å². The second-order valence-electron chi connectivity index (χ2n) is 7.64.